The average molecular weight is 505 g/mol. The van der Waals surface area contributed by atoms with Crippen LogP contribution in [0, 0.1) is 17.8 Å². The Hall–Kier alpha value is -3.24. The lowest BCUT2D eigenvalue weighted by Crippen LogP contribution is -2.39. The first-order chi connectivity index (χ1) is 17.6. The Labute approximate surface area is 216 Å². The molecule has 4 rings (SSSR count). The summed E-state index contributed by atoms with van der Waals surface area (Å²) in [5.41, 5.74) is 3.43. The van der Waals surface area contributed by atoms with Gasteiger partial charge >= 0.3 is 7.12 Å². The van der Waals surface area contributed by atoms with E-state index < -0.39 is 42.8 Å². The number of aliphatic hydroxyl groups is 2. The Bertz CT molecular complexity index is 1250. The number of anilines is 1. The van der Waals surface area contributed by atoms with Crippen LogP contribution in [0.15, 0.2) is 65.3 Å². The van der Waals surface area contributed by atoms with Crippen LogP contribution in [0.1, 0.15) is 38.7 Å². The summed E-state index contributed by atoms with van der Waals surface area (Å²) in [5, 5.41) is 50.5. The first-order valence-corrected chi connectivity index (χ1v) is 12.4. The van der Waals surface area contributed by atoms with Crippen LogP contribution in [0.3, 0.4) is 0 Å². The van der Waals surface area contributed by atoms with Gasteiger partial charge in [0, 0.05) is 11.5 Å². The molecule has 0 saturated carbocycles. The highest BCUT2D eigenvalue weighted by Gasteiger charge is 2.54. The Morgan fingerprint density at radius 3 is 2.54 bits per heavy atom. The summed E-state index contributed by atoms with van der Waals surface area (Å²) in [7, 11) is -1.74. The molecule has 37 heavy (non-hydrogen) atoms. The van der Waals surface area contributed by atoms with Gasteiger partial charge in [0.25, 0.3) is 0 Å². The third-order valence-electron chi connectivity index (χ3n) is 7.46. The maximum atomic E-state index is 13.5. The van der Waals surface area contributed by atoms with Crippen LogP contribution >= 0.6 is 0 Å². The molecule has 1 saturated heterocycles. The van der Waals surface area contributed by atoms with E-state index in [2.05, 4.69) is 0 Å². The lowest BCUT2D eigenvalue weighted by molar-refractivity contribution is -0.123. The molecule has 2 amide bonds. The molecule has 1 aliphatic heterocycles. The van der Waals surface area contributed by atoms with Crippen molar-refractivity contribution in [3.63, 3.8) is 0 Å². The summed E-state index contributed by atoms with van der Waals surface area (Å²) in [6.07, 6.45) is 2.14. The van der Waals surface area contributed by atoms with Crippen molar-refractivity contribution in [2.24, 2.45) is 17.8 Å². The van der Waals surface area contributed by atoms with Gasteiger partial charge in [-0.2, -0.15) is 0 Å². The van der Waals surface area contributed by atoms with Gasteiger partial charge in [0.2, 0.25) is 11.8 Å². The maximum absolute atomic E-state index is 13.5. The highest BCUT2D eigenvalue weighted by molar-refractivity contribution is 6.58. The Morgan fingerprint density at radius 1 is 1.14 bits per heavy atom. The topological polar surface area (TPSA) is 139 Å². The van der Waals surface area contributed by atoms with Gasteiger partial charge in [-0.25, -0.2) is 0 Å². The zero-order valence-electron chi connectivity index (χ0n) is 20.9. The number of phenolic OH excluding ortho intramolecular Hbond substituents is 1. The van der Waals surface area contributed by atoms with E-state index in [0.717, 1.165) is 16.0 Å². The number of hydrogen-bond acceptors (Lipinski definition) is 7. The van der Waals surface area contributed by atoms with Gasteiger partial charge in [-0.05, 0) is 62.3 Å². The first kappa shape index (κ1) is 26.8. The molecule has 2 aromatic carbocycles. The van der Waals surface area contributed by atoms with Crippen molar-refractivity contribution >= 4 is 36.2 Å². The number of allylic oxidation sites excluding steroid dienone is 2. The van der Waals surface area contributed by atoms with Crippen LogP contribution < -0.4 is 10.4 Å². The molecular weight excluding hydrogens is 473 g/mol. The predicted molar refractivity (Wildman–Crippen MR) is 141 cm³/mol. The number of phenols is 1. The summed E-state index contributed by atoms with van der Waals surface area (Å²) in [4.78, 5) is 27.9. The molecule has 0 aromatic heterocycles. The number of hydrogen-bond donors (Lipinski definition) is 5. The van der Waals surface area contributed by atoms with Gasteiger partial charge in [-0.15, -0.1) is 0 Å². The van der Waals surface area contributed by atoms with E-state index in [9.17, 15) is 35.0 Å². The number of imide groups is 1. The summed E-state index contributed by atoms with van der Waals surface area (Å²) >= 11 is 0. The van der Waals surface area contributed by atoms with E-state index in [4.69, 9.17) is 0 Å². The SMILES string of the molecule is CC1=C([C@H](O)CC/C(C)=C/c2ccccc2O)[C@H](CO)[C@@H]2C(=O)N(c3cccc(B(O)O)c3)C(=O)[C@@H]2C1. The standard InChI is InChI=1S/C28H32BNO7/c1-16(12-18-6-3-4-9-23(18)32)10-11-24(33)25-17(2)13-21-26(22(25)15-31)28(35)30(27(21)34)20-8-5-7-19(14-20)29(36)37/h3-9,12,14,21-22,24,26,31-33,36-37H,10-11,13,15H2,1-2H3/b16-12+/t21-,22+,24-,26-/m1/s1. The van der Waals surface area contributed by atoms with E-state index in [-0.39, 0.29) is 23.5 Å². The van der Waals surface area contributed by atoms with Crippen LogP contribution in [0.4, 0.5) is 5.69 Å². The molecule has 9 heteroatoms. The summed E-state index contributed by atoms with van der Waals surface area (Å²) in [6, 6.07) is 13.0. The molecule has 8 nitrogen and oxygen atoms in total. The number of rotatable bonds is 8. The molecule has 0 radical (unpaired) electrons. The molecule has 0 spiro atoms. The number of aliphatic hydroxyl groups excluding tert-OH is 2. The van der Waals surface area contributed by atoms with Crippen molar-refractivity contribution in [3.05, 3.63) is 70.8 Å². The molecule has 4 atom stereocenters. The van der Waals surface area contributed by atoms with Crippen molar-refractivity contribution in [1.82, 2.24) is 0 Å². The number of carbonyl (C=O) groups excluding carboxylic acids is 2. The molecule has 2 aliphatic rings. The Kier molecular flexibility index (Phi) is 7.99. The number of nitrogens with zero attached hydrogens (tertiary/aromatic N) is 1. The van der Waals surface area contributed by atoms with Crippen molar-refractivity contribution in [2.75, 3.05) is 11.5 Å². The lowest BCUT2D eigenvalue weighted by atomic mass is 9.68. The van der Waals surface area contributed by atoms with Gasteiger partial charge in [0.15, 0.2) is 0 Å². The fraction of sp³-hybridized carbons (Fsp3) is 0.357. The normalized spacial score (nSPS) is 22.9. The van der Waals surface area contributed by atoms with Crippen LogP contribution in [-0.2, 0) is 9.59 Å². The number of carbonyl (C=O) groups is 2. The largest absolute Gasteiger partial charge is 0.507 e. The van der Waals surface area contributed by atoms with Crippen LogP contribution in [-0.4, -0.2) is 57.0 Å². The highest BCUT2D eigenvalue weighted by Crippen LogP contribution is 2.47. The summed E-state index contributed by atoms with van der Waals surface area (Å²) in [5.74, 6) is -2.87. The Morgan fingerprint density at radius 2 is 1.86 bits per heavy atom. The molecule has 0 bridgehead atoms. The molecule has 1 aliphatic carbocycles. The van der Waals surface area contributed by atoms with E-state index >= 15 is 0 Å². The quantitative estimate of drug-likeness (QED) is 0.209. The zero-order chi connectivity index (χ0) is 26.9. The highest BCUT2D eigenvalue weighted by atomic mass is 16.4. The van der Waals surface area contributed by atoms with E-state index in [1.54, 1.807) is 30.3 Å². The summed E-state index contributed by atoms with van der Waals surface area (Å²) < 4.78 is 0. The number of para-hydroxylation sites is 1. The first-order valence-electron chi connectivity index (χ1n) is 12.4. The van der Waals surface area contributed by atoms with Gasteiger partial charge in [0.1, 0.15) is 5.75 Å². The minimum atomic E-state index is -1.74. The molecule has 1 fully saturated rings. The van der Waals surface area contributed by atoms with Crippen LogP contribution in [0.5, 0.6) is 5.75 Å². The second kappa shape index (κ2) is 11.0. The predicted octanol–water partition coefficient (Wildman–Crippen LogP) is 1.75. The smallest absolute Gasteiger partial charge is 0.488 e. The fourth-order valence-corrected chi connectivity index (χ4v) is 5.66. The van der Waals surface area contributed by atoms with Crippen LogP contribution in [0.2, 0.25) is 0 Å². The minimum absolute atomic E-state index is 0.157. The van der Waals surface area contributed by atoms with Crippen molar-refractivity contribution in [1.29, 1.82) is 0 Å². The second-order valence-electron chi connectivity index (χ2n) is 9.95. The zero-order valence-corrected chi connectivity index (χ0v) is 20.9. The van der Waals surface area contributed by atoms with Gasteiger partial charge < -0.3 is 25.4 Å². The van der Waals surface area contributed by atoms with E-state index in [0.29, 0.717) is 30.4 Å². The van der Waals surface area contributed by atoms with E-state index in [1.807, 2.05) is 26.0 Å². The second-order valence-corrected chi connectivity index (χ2v) is 9.95. The molecule has 2 aromatic rings. The number of fused-ring (bicyclic) bond motifs is 1. The maximum Gasteiger partial charge on any atom is 0.488 e. The monoisotopic (exact) mass is 505 g/mol. The third kappa shape index (κ3) is 5.26. The molecular formula is C28H32BNO7. The Balaban J connectivity index is 1.55. The lowest BCUT2D eigenvalue weighted by Gasteiger charge is -2.35. The number of benzene rings is 2. The molecule has 5 N–H and O–H groups in total. The van der Waals surface area contributed by atoms with Gasteiger partial charge in [-0.3, -0.25) is 14.5 Å². The van der Waals surface area contributed by atoms with Gasteiger partial charge in [-0.1, -0.05) is 47.6 Å². The molecule has 0 unspecified atom stereocenters. The number of amides is 2. The molecule has 1 heterocycles. The van der Waals surface area contributed by atoms with Crippen molar-refractivity contribution in [3.8, 4) is 5.75 Å². The number of aromatic hydroxyl groups is 1. The third-order valence-corrected chi connectivity index (χ3v) is 7.46. The van der Waals surface area contributed by atoms with Crippen molar-refractivity contribution in [2.45, 2.75) is 39.2 Å². The summed E-state index contributed by atoms with van der Waals surface area (Å²) in [6.45, 7) is 3.35. The van der Waals surface area contributed by atoms with E-state index in [1.165, 1.54) is 12.1 Å². The fourth-order valence-electron chi connectivity index (χ4n) is 5.66. The van der Waals surface area contributed by atoms with Gasteiger partial charge in [0.05, 0.1) is 30.2 Å². The average Bonchev–Trinajstić information content (AvgIpc) is 3.12. The van der Waals surface area contributed by atoms with Crippen molar-refractivity contribution < 1.29 is 35.0 Å². The van der Waals surface area contributed by atoms with Crippen LogP contribution in [0.25, 0.3) is 6.08 Å². The molecule has 194 valence electrons. The minimum Gasteiger partial charge on any atom is -0.507 e.